The van der Waals surface area contributed by atoms with Crippen molar-refractivity contribution in [1.82, 2.24) is 9.47 Å². The molecule has 1 aromatic heterocycles. The van der Waals surface area contributed by atoms with E-state index in [1.54, 1.807) is 18.6 Å². The molecule has 0 unspecified atom stereocenters. The lowest BCUT2D eigenvalue weighted by Crippen LogP contribution is -2.48. The van der Waals surface area contributed by atoms with Gasteiger partial charge >= 0.3 is 0 Å². The van der Waals surface area contributed by atoms with E-state index in [4.69, 9.17) is 17.0 Å². The average molecular weight is 538 g/mol. The van der Waals surface area contributed by atoms with Gasteiger partial charge in [0, 0.05) is 51.1 Å². The number of benzene rings is 1. The maximum Gasteiger partial charge on any atom is 0.270 e. The fourth-order valence-corrected chi connectivity index (χ4v) is 6.03. The van der Waals surface area contributed by atoms with Gasteiger partial charge in [-0.2, -0.15) is 5.26 Å². The van der Waals surface area contributed by atoms with Gasteiger partial charge in [-0.05, 0) is 37.1 Å². The van der Waals surface area contributed by atoms with Gasteiger partial charge in [0.05, 0.1) is 18.1 Å². The van der Waals surface area contributed by atoms with E-state index in [1.807, 2.05) is 31.2 Å². The van der Waals surface area contributed by atoms with Gasteiger partial charge in [-0.1, -0.05) is 49.1 Å². The first-order valence-electron chi connectivity index (χ1n) is 12.4. The van der Waals surface area contributed by atoms with E-state index in [2.05, 4.69) is 28.0 Å². The number of ether oxygens (including phenoxy) is 1. The van der Waals surface area contributed by atoms with Crippen molar-refractivity contribution in [3.05, 3.63) is 62.3 Å². The molecule has 2 fully saturated rings. The summed E-state index contributed by atoms with van der Waals surface area (Å²) in [5.74, 6) is 0.580. The Kier molecular flexibility index (Phi) is 8.69. The SMILES string of the molecule is CCCn1c(N2CCN(c3ccccc3)CC2)c(/C=C2/SC(=S)N(CCOC)C2=O)c(C)c(C#N)c1=O. The third-order valence-corrected chi connectivity index (χ3v) is 8.04. The largest absolute Gasteiger partial charge is 0.383 e. The molecule has 2 aromatic rings. The summed E-state index contributed by atoms with van der Waals surface area (Å²) in [6, 6.07) is 12.4. The highest BCUT2D eigenvalue weighted by molar-refractivity contribution is 8.26. The molecule has 3 heterocycles. The number of nitrogens with zero attached hydrogens (tertiary/aromatic N) is 5. The minimum atomic E-state index is -0.285. The summed E-state index contributed by atoms with van der Waals surface area (Å²) in [4.78, 5) is 33.2. The minimum Gasteiger partial charge on any atom is -0.383 e. The minimum absolute atomic E-state index is 0.112. The lowest BCUT2D eigenvalue weighted by molar-refractivity contribution is -0.122. The van der Waals surface area contributed by atoms with Crippen molar-refractivity contribution in [3.63, 3.8) is 0 Å². The Labute approximate surface area is 227 Å². The van der Waals surface area contributed by atoms with Gasteiger partial charge in [0.25, 0.3) is 11.5 Å². The molecule has 4 rings (SSSR count). The van der Waals surface area contributed by atoms with E-state index < -0.39 is 0 Å². The number of hydrogen-bond acceptors (Lipinski definition) is 8. The number of hydrogen-bond donors (Lipinski definition) is 0. The molecule has 2 aliphatic heterocycles. The fraction of sp³-hybridized carbons (Fsp3) is 0.407. The highest BCUT2D eigenvalue weighted by Gasteiger charge is 2.33. The number of pyridine rings is 1. The average Bonchev–Trinajstić information content (AvgIpc) is 3.18. The van der Waals surface area contributed by atoms with Crippen LogP contribution in [-0.4, -0.2) is 66.1 Å². The molecule has 0 radical (unpaired) electrons. The normalized spacial score (nSPS) is 17.1. The second-order valence-electron chi connectivity index (χ2n) is 8.94. The number of rotatable bonds is 8. The monoisotopic (exact) mass is 537 g/mol. The molecule has 1 amide bonds. The number of carbonyl (C=O) groups is 1. The summed E-state index contributed by atoms with van der Waals surface area (Å²) < 4.78 is 7.32. The third kappa shape index (κ3) is 5.44. The van der Waals surface area contributed by atoms with Crippen LogP contribution in [0.4, 0.5) is 11.5 Å². The second kappa shape index (κ2) is 11.9. The van der Waals surface area contributed by atoms with Crippen LogP contribution >= 0.6 is 24.0 Å². The molecule has 0 aliphatic carbocycles. The number of piperazine rings is 1. The zero-order chi connectivity index (χ0) is 26.5. The van der Waals surface area contributed by atoms with Crippen molar-refractivity contribution in [3.8, 4) is 6.07 Å². The summed E-state index contributed by atoms with van der Waals surface area (Å²) in [7, 11) is 1.58. The van der Waals surface area contributed by atoms with E-state index in [1.165, 1.54) is 22.3 Å². The first-order chi connectivity index (χ1) is 17.9. The Morgan fingerprint density at radius 1 is 1.11 bits per heavy atom. The highest BCUT2D eigenvalue weighted by atomic mass is 32.2. The van der Waals surface area contributed by atoms with Crippen molar-refractivity contribution < 1.29 is 9.53 Å². The van der Waals surface area contributed by atoms with Crippen LogP contribution in [0.25, 0.3) is 6.08 Å². The van der Waals surface area contributed by atoms with Gasteiger partial charge in [-0.15, -0.1) is 0 Å². The number of aromatic nitrogens is 1. The molecule has 0 bridgehead atoms. The smallest absolute Gasteiger partial charge is 0.270 e. The van der Waals surface area contributed by atoms with E-state index >= 15 is 0 Å². The first kappa shape index (κ1) is 26.9. The third-order valence-electron chi connectivity index (χ3n) is 6.66. The van der Waals surface area contributed by atoms with Crippen molar-refractivity contribution in [1.29, 1.82) is 5.26 Å². The lowest BCUT2D eigenvalue weighted by Gasteiger charge is -2.39. The standard InChI is InChI=1S/C27H31N5O3S2/c1-4-10-31-24(30-13-11-29(12-14-30)20-8-6-5-7-9-20)21(19(2)22(18-28)25(31)33)17-23-26(34)32(15-16-35-3)27(36)37-23/h5-9,17H,4,10-16H2,1-3H3/b23-17+. The summed E-state index contributed by atoms with van der Waals surface area (Å²) >= 11 is 6.70. The van der Waals surface area contributed by atoms with Gasteiger partial charge in [0.15, 0.2) is 0 Å². The van der Waals surface area contributed by atoms with Gasteiger partial charge < -0.3 is 14.5 Å². The van der Waals surface area contributed by atoms with Crippen LogP contribution in [0.15, 0.2) is 40.0 Å². The molecule has 10 heteroatoms. The predicted molar refractivity (Wildman–Crippen MR) is 153 cm³/mol. The van der Waals surface area contributed by atoms with E-state index in [0.29, 0.717) is 47.6 Å². The van der Waals surface area contributed by atoms with Crippen molar-refractivity contribution in [2.45, 2.75) is 26.8 Å². The van der Waals surface area contributed by atoms with Crippen LogP contribution in [0, 0.1) is 18.3 Å². The molecule has 0 spiro atoms. The van der Waals surface area contributed by atoms with Crippen molar-refractivity contribution >= 4 is 51.8 Å². The zero-order valence-corrected chi connectivity index (χ0v) is 23.0. The van der Waals surface area contributed by atoms with Crippen LogP contribution in [-0.2, 0) is 16.1 Å². The van der Waals surface area contributed by atoms with Gasteiger partial charge in [0.1, 0.15) is 21.8 Å². The van der Waals surface area contributed by atoms with Crippen LogP contribution in [0.5, 0.6) is 0 Å². The highest BCUT2D eigenvalue weighted by Crippen LogP contribution is 2.36. The Bertz CT molecular complexity index is 1310. The molecular weight excluding hydrogens is 506 g/mol. The molecule has 0 saturated carbocycles. The number of amides is 1. The molecule has 8 nitrogen and oxygen atoms in total. The van der Waals surface area contributed by atoms with Crippen molar-refractivity contribution in [2.24, 2.45) is 0 Å². The summed E-state index contributed by atoms with van der Waals surface area (Å²) in [5, 5.41) is 9.85. The second-order valence-corrected chi connectivity index (χ2v) is 10.6. The Morgan fingerprint density at radius 3 is 2.41 bits per heavy atom. The number of anilines is 2. The maximum atomic E-state index is 13.4. The Balaban J connectivity index is 1.77. The quantitative estimate of drug-likeness (QED) is 0.373. The van der Waals surface area contributed by atoms with E-state index in [-0.39, 0.29) is 17.0 Å². The maximum absolute atomic E-state index is 13.4. The Morgan fingerprint density at radius 2 is 1.78 bits per heavy atom. The summed E-state index contributed by atoms with van der Waals surface area (Å²) in [6.45, 7) is 8.05. The van der Waals surface area contributed by atoms with Gasteiger partial charge in [-0.25, -0.2) is 0 Å². The summed E-state index contributed by atoms with van der Waals surface area (Å²) in [6.07, 6.45) is 2.55. The van der Waals surface area contributed by atoms with Crippen LogP contribution in [0.2, 0.25) is 0 Å². The van der Waals surface area contributed by atoms with E-state index in [0.717, 1.165) is 30.9 Å². The number of carbonyl (C=O) groups excluding carboxylic acids is 1. The van der Waals surface area contributed by atoms with Gasteiger partial charge in [0.2, 0.25) is 0 Å². The molecule has 1 aromatic carbocycles. The molecule has 194 valence electrons. The van der Waals surface area contributed by atoms with Crippen LogP contribution < -0.4 is 15.4 Å². The predicted octanol–water partition coefficient (Wildman–Crippen LogP) is 3.61. The number of nitriles is 1. The summed E-state index contributed by atoms with van der Waals surface area (Å²) in [5.41, 5.74) is 2.31. The zero-order valence-electron chi connectivity index (χ0n) is 21.4. The molecule has 2 saturated heterocycles. The first-order valence-corrected chi connectivity index (χ1v) is 13.6. The number of thioether (sulfide) groups is 1. The molecule has 0 N–H and O–H groups in total. The fourth-order valence-electron chi connectivity index (χ4n) is 4.74. The lowest BCUT2D eigenvalue weighted by atomic mass is 10.0. The van der Waals surface area contributed by atoms with E-state index in [9.17, 15) is 14.9 Å². The van der Waals surface area contributed by atoms with Gasteiger partial charge in [-0.3, -0.25) is 19.1 Å². The number of thiocarbonyl (C=S) groups is 1. The molecular formula is C27H31N5O3S2. The number of para-hydroxylation sites is 1. The molecule has 37 heavy (non-hydrogen) atoms. The number of methoxy groups -OCH3 is 1. The molecule has 0 atom stereocenters. The topological polar surface area (TPSA) is 81.8 Å². The van der Waals surface area contributed by atoms with Crippen LogP contribution in [0.3, 0.4) is 0 Å². The molecule has 2 aliphatic rings. The Hall–Kier alpha value is -3.13. The van der Waals surface area contributed by atoms with Crippen LogP contribution in [0.1, 0.15) is 30.0 Å². The van der Waals surface area contributed by atoms with Crippen molar-refractivity contribution in [2.75, 3.05) is 56.2 Å².